The van der Waals surface area contributed by atoms with Crippen molar-refractivity contribution in [3.8, 4) is 0 Å². The van der Waals surface area contributed by atoms with E-state index in [0.29, 0.717) is 7.18 Å². The lowest BCUT2D eigenvalue weighted by Crippen LogP contribution is -2.01. The molecule has 0 amide bonds. The smallest absolute Gasteiger partial charge is 0.0785 e. The molecule has 1 aliphatic rings. The molecule has 0 nitrogen and oxygen atoms in total. The summed E-state index contributed by atoms with van der Waals surface area (Å²) in [6.07, 6.45) is 11.9. The molecule has 0 bridgehead atoms. The van der Waals surface area contributed by atoms with Crippen molar-refractivity contribution in [2.75, 3.05) is 7.18 Å². The van der Waals surface area contributed by atoms with Crippen LogP contribution in [0.2, 0.25) is 0 Å². The minimum Gasteiger partial charge on any atom is -0.255 e. The van der Waals surface area contributed by atoms with E-state index in [-0.39, 0.29) is 0 Å². The fourth-order valence-electron chi connectivity index (χ4n) is 1.95. The summed E-state index contributed by atoms with van der Waals surface area (Å²) in [7, 11) is 0.500. The molecule has 0 aromatic rings. The van der Waals surface area contributed by atoms with Gasteiger partial charge >= 0.3 is 0 Å². The van der Waals surface area contributed by atoms with Crippen molar-refractivity contribution >= 4 is 0 Å². The molecule has 0 unspecified atom stereocenters. The first kappa shape index (κ1) is 11.9. The predicted molar refractivity (Wildman–Crippen MR) is 53.1 cm³/mol. The first-order chi connectivity index (χ1) is 5.93. The van der Waals surface area contributed by atoms with Gasteiger partial charge in [-0.1, -0.05) is 58.3 Å². The molecule has 12 heavy (non-hydrogen) atoms. The summed E-state index contributed by atoms with van der Waals surface area (Å²) in [6, 6.07) is 0. The summed E-state index contributed by atoms with van der Waals surface area (Å²) in [5, 5.41) is 0. The molecule has 0 atom stereocenters. The van der Waals surface area contributed by atoms with Gasteiger partial charge in [-0.2, -0.15) is 0 Å². The average molecular weight is 174 g/mol. The first-order valence-electron chi connectivity index (χ1n) is 5.31. The van der Waals surface area contributed by atoms with Crippen LogP contribution >= 0.6 is 0 Å². The van der Waals surface area contributed by atoms with Crippen LogP contribution in [0, 0.1) is 5.92 Å². The summed E-state index contributed by atoms with van der Waals surface area (Å²) in [5.41, 5.74) is 0. The summed E-state index contributed by atoms with van der Waals surface area (Å²) in [5.74, 6) is 1.07. The van der Waals surface area contributed by atoms with E-state index in [1.54, 1.807) is 0 Å². The van der Waals surface area contributed by atoms with Crippen molar-refractivity contribution < 1.29 is 4.39 Å². The van der Waals surface area contributed by atoms with Crippen LogP contribution in [-0.4, -0.2) is 7.18 Å². The molecule has 74 valence electrons. The number of hydrogen-bond acceptors (Lipinski definition) is 0. The average Bonchev–Trinajstić information content (AvgIpc) is 2.08. The Morgan fingerprint density at radius 3 is 1.75 bits per heavy atom. The second-order valence-corrected chi connectivity index (χ2v) is 3.62. The molecule has 1 rings (SSSR count). The van der Waals surface area contributed by atoms with E-state index in [1.165, 1.54) is 51.4 Å². The molecule has 1 heteroatoms. The maximum Gasteiger partial charge on any atom is 0.0785 e. The highest BCUT2D eigenvalue weighted by Gasteiger charge is 2.07. The molecular weight excluding hydrogens is 151 g/mol. The Balaban J connectivity index is 0.000000561. The van der Waals surface area contributed by atoms with Crippen molar-refractivity contribution in [2.45, 2.75) is 58.3 Å². The van der Waals surface area contributed by atoms with Gasteiger partial charge in [0.2, 0.25) is 0 Å². The van der Waals surface area contributed by atoms with Crippen LogP contribution in [0.15, 0.2) is 0 Å². The molecule has 0 saturated heterocycles. The monoisotopic (exact) mass is 174 g/mol. The molecule has 0 spiro atoms. The maximum atomic E-state index is 9.50. The zero-order valence-corrected chi connectivity index (χ0v) is 8.61. The van der Waals surface area contributed by atoms with E-state index in [0.717, 1.165) is 5.92 Å². The van der Waals surface area contributed by atoms with E-state index in [1.807, 2.05) is 0 Å². The third kappa shape index (κ3) is 5.56. The van der Waals surface area contributed by atoms with E-state index in [9.17, 15) is 4.39 Å². The molecule has 0 aromatic carbocycles. The normalized spacial score (nSPS) is 20.2. The molecular formula is C11H23F. The third-order valence-corrected chi connectivity index (χ3v) is 2.80. The van der Waals surface area contributed by atoms with Crippen molar-refractivity contribution in [3.05, 3.63) is 0 Å². The van der Waals surface area contributed by atoms with E-state index in [2.05, 4.69) is 6.92 Å². The minimum atomic E-state index is 0.500. The zero-order chi connectivity index (χ0) is 9.23. The van der Waals surface area contributed by atoms with Gasteiger partial charge in [-0.25, -0.2) is 0 Å². The van der Waals surface area contributed by atoms with Gasteiger partial charge in [-0.3, -0.25) is 4.39 Å². The lowest BCUT2D eigenvalue weighted by Gasteiger charge is -2.17. The fraction of sp³-hybridized carbons (Fsp3) is 1.00. The second-order valence-electron chi connectivity index (χ2n) is 3.62. The van der Waals surface area contributed by atoms with Crippen molar-refractivity contribution in [2.24, 2.45) is 5.92 Å². The Labute approximate surface area is 76.6 Å². The van der Waals surface area contributed by atoms with Gasteiger partial charge in [0.15, 0.2) is 0 Å². The van der Waals surface area contributed by atoms with Crippen LogP contribution < -0.4 is 0 Å². The molecule has 0 radical (unpaired) electrons. The minimum absolute atomic E-state index is 0.500. The zero-order valence-electron chi connectivity index (χ0n) is 8.61. The topological polar surface area (TPSA) is 0 Å². The fourth-order valence-corrected chi connectivity index (χ4v) is 1.95. The SMILES string of the molecule is CCC1CCCCCCC1.CF. The first-order valence-corrected chi connectivity index (χ1v) is 5.31. The molecule has 1 saturated carbocycles. The second kappa shape index (κ2) is 9.02. The quantitative estimate of drug-likeness (QED) is 0.554. The van der Waals surface area contributed by atoms with Crippen LogP contribution in [0.3, 0.4) is 0 Å². The molecule has 1 aliphatic carbocycles. The van der Waals surface area contributed by atoms with Crippen molar-refractivity contribution in [1.29, 1.82) is 0 Å². The standard InChI is InChI=1S/C10H20.CH3F/c1-2-10-8-6-4-3-5-7-9-10;1-2/h10H,2-9H2,1H3;1H3. The van der Waals surface area contributed by atoms with Gasteiger partial charge in [0.25, 0.3) is 0 Å². The van der Waals surface area contributed by atoms with Gasteiger partial charge in [-0.15, -0.1) is 0 Å². The molecule has 0 aliphatic heterocycles. The molecule has 1 fully saturated rings. The lowest BCUT2D eigenvalue weighted by molar-refractivity contribution is 0.369. The van der Waals surface area contributed by atoms with Crippen molar-refractivity contribution in [1.82, 2.24) is 0 Å². The number of halogens is 1. The van der Waals surface area contributed by atoms with Gasteiger partial charge < -0.3 is 0 Å². The summed E-state index contributed by atoms with van der Waals surface area (Å²) in [4.78, 5) is 0. The highest BCUT2D eigenvalue weighted by Crippen LogP contribution is 2.23. The number of rotatable bonds is 1. The molecule has 0 N–H and O–H groups in total. The van der Waals surface area contributed by atoms with E-state index >= 15 is 0 Å². The summed E-state index contributed by atoms with van der Waals surface area (Å²) in [6.45, 7) is 2.34. The Kier molecular flexibility index (Phi) is 8.97. The highest BCUT2D eigenvalue weighted by molar-refractivity contribution is 4.61. The summed E-state index contributed by atoms with van der Waals surface area (Å²) >= 11 is 0. The Bertz CT molecular complexity index is 73.1. The van der Waals surface area contributed by atoms with Crippen molar-refractivity contribution in [3.63, 3.8) is 0 Å². The highest BCUT2D eigenvalue weighted by atomic mass is 19.1. The van der Waals surface area contributed by atoms with Crippen LogP contribution in [0.5, 0.6) is 0 Å². The van der Waals surface area contributed by atoms with Crippen LogP contribution in [0.4, 0.5) is 4.39 Å². The number of alkyl halides is 1. The van der Waals surface area contributed by atoms with Crippen LogP contribution in [0.1, 0.15) is 58.3 Å². The van der Waals surface area contributed by atoms with Gasteiger partial charge in [0.1, 0.15) is 0 Å². The largest absolute Gasteiger partial charge is 0.255 e. The van der Waals surface area contributed by atoms with Crippen LogP contribution in [-0.2, 0) is 0 Å². The van der Waals surface area contributed by atoms with Gasteiger partial charge in [-0.05, 0) is 5.92 Å². The van der Waals surface area contributed by atoms with Gasteiger partial charge in [0, 0.05) is 0 Å². The Hall–Kier alpha value is -0.0700. The third-order valence-electron chi connectivity index (χ3n) is 2.80. The summed E-state index contributed by atoms with van der Waals surface area (Å²) < 4.78 is 9.50. The Morgan fingerprint density at radius 1 is 0.917 bits per heavy atom. The van der Waals surface area contributed by atoms with Crippen LogP contribution in [0.25, 0.3) is 0 Å². The van der Waals surface area contributed by atoms with E-state index in [4.69, 9.17) is 0 Å². The lowest BCUT2D eigenvalue weighted by atomic mass is 9.90. The molecule has 0 heterocycles. The maximum absolute atomic E-state index is 9.50. The van der Waals surface area contributed by atoms with E-state index < -0.39 is 0 Å². The number of hydrogen-bond donors (Lipinski definition) is 0. The molecule has 0 aromatic heterocycles. The Morgan fingerprint density at radius 2 is 1.33 bits per heavy atom. The predicted octanol–water partition coefficient (Wildman–Crippen LogP) is 4.34. The van der Waals surface area contributed by atoms with Gasteiger partial charge in [0.05, 0.1) is 7.18 Å².